The molecule has 0 unspecified atom stereocenters. The molecule has 0 atom stereocenters. The fourth-order valence-electron chi connectivity index (χ4n) is 4.39. The Morgan fingerprint density at radius 3 is 1.48 bits per heavy atom. The summed E-state index contributed by atoms with van der Waals surface area (Å²) in [5.74, 6) is 1.02. The Balaban J connectivity index is 1.90. The predicted molar refractivity (Wildman–Crippen MR) is 126 cm³/mol. The molecule has 0 amide bonds. The van der Waals surface area contributed by atoms with E-state index < -0.39 is 6.89 Å². The summed E-state index contributed by atoms with van der Waals surface area (Å²) in [7, 11) is 0. The topological polar surface area (TPSA) is 9.23 Å². The predicted octanol–water partition coefficient (Wildman–Crippen LogP) is 4.79. The molecule has 0 radical (unpaired) electrons. The Kier molecular flexibility index (Phi) is 4.84. The van der Waals surface area contributed by atoms with Crippen LogP contribution in [0, 0.1) is 0 Å². The second-order valence-electron chi connectivity index (χ2n) is 7.32. The van der Waals surface area contributed by atoms with Crippen LogP contribution in [0.1, 0.15) is 5.56 Å². The van der Waals surface area contributed by atoms with Crippen molar-refractivity contribution in [1.29, 1.82) is 0 Å². The normalized spacial score (nSPS) is 13.4. The van der Waals surface area contributed by atoms with E-state index in [1.54, 1.807) is 0 Å². The highest BCUT2D eigenvalue weighted by Crippen LogP contribution is 2.48. The van der Waals surface area contributed by atoms with Gasteiger partial charge >= 0.3 is 0 Å². The van der Waals surface area contributed by atoms with E-state index in [0.29, 0.717) is 6.61 Å². The van der Waals surface area contributed by atoms with Gasteiger partial charge in [0.25, 0.3) is 0 Å². The Hall–Kier alpha value is -3.02. The number of hydrogen-bond acceptors (Lipinski definition) is 1. The van der Waals surface area contributed by atoms with Gasteiger partial charge in [0.05, 0.1) is 0 Å². The lowest BCUT2D eigenvalue weighted by Gasteiger charge is -2.35. The molecule has 0 aromatic heterocycles. The number of rotatable bonds is 3. The van der Waals surface area contributed by atoms with E-state index in [2.05, 4.69) is 115 Å². The van der Waals surface area contributed by atoms with Crippen molar-refractivity contribution < 1.29 is 4.74 Å². The van der Waals surface area contributed by atoms with Crippen LogP contribution < -0.4 is 20.7 Å². The molecule has 0 fully saturated rings. The average molecular weight is 394 g/mol. The molecule has 29 heavy (non-hydrogen) atoms. The van der Waals surface area contributed by atoms with Crippen LogP contribution in [-0.2, 0) is 6.42 Å². The molecular weight excluding hydrogens is 371 g/mol. The molecule has 5 rings (SSSR count). The fourth-order valence-corrected chi connectivity index (χ4v) is 8.90. The van der Waals surface area contributed by atoms with Crippen LogP contribution in [0.4, 0.5) is 0 Å². The fraction of sp³-hybridized carbons (Fsp3) is 0.0741. The Labute approximate surface area is 172 Å². The molecular formula is C27H23OP. The molecule has 0 aliphatic carbocycles. The number of hydrogen-bond donors (Lipinski definition) is 0. The summed E-state index contributed by atoms with van der Waals surface area (Å²) < 4.78 is 6.30. The van der Waals surface area contributed by atoms with Crippen LogP contribution in [-0.4, -0.2) is 11.9 Å². The first-order valence-electron chi connectivity index (χ1n) is 10.0. The summed E-state index contributed by atoms with van der Waals surface area (Å²) in [5.41, 5.74) is 1.28. The van der Waals surface area contributed by atoms with E-state index in [1.165, 1.54) is 26.8 Å². The lowest BCUT2D eigenvalue weighted by atomic mass is 10.1. The van der Waals surface area contributed by atoms with Gasteiger partial charge in [0, 0.05) is 6.42 Å². The highest BCUT2D eigenvalue weighted by Gasteiger charge is 2.31. The summed E-state index contributed by atoms with van der Waals surface area (Å²) >= 11 is 0. The van der Waals surface area contributed by atoms with E-state index in [0.717, 1.165) is 12.2 Å². The smallest absolute Gasteiger partial charge is 0.123 e. The third kappa shape index (κ3) is 3.12. The van der Waals surface area contributed by atoms with Crippen molar-refractivity contribution >= 4 is 28.1 Å². The van der Waals surface area contributed by atoms with Gasteiger partial charge in [-0.25, -0.2) is 0 Å². The molecule has 1 aliphatic heterocycles. The molecule has 0 saturated carbocycles. The summed E-state index contributed by atoms with van der Waals surface area (Å²) in [6.07, 6.45) is 0.947. The zero-order valence-corrected chi connectivity index (χ0v) is 17.1. The molecule has 142 valence electrons. The molecule has 0 N–H and O–H groups in total. The quantitative estimate of drug-likeness (QED) is 0.454. The van der Waals surface area contributed by atoms with E-state index in [1.807, 2.05) is 0 Å². The van der Waals surface area contributed by atoms with Gasteiger partial charge in [-0.3, -0.25) is 0 Å². The van der Waals surface area contributed by atoms with Crippen molar-refractivity contribution in [2.75, 3.05) is 6.61 Å². The molecule has 2 heteroatoms. The summed E-state index contributed by atoms with van der Waals surface area (Å²) in [6.45, 7) is -1.34. The third-order valence-electron chi connectivity index (χ3n) is 5.67. The maximum atomic E-state index is 6.30. The van der Waals surface area contributed by atoms with Crippen molar-refractivity contribution in [2.45, 2.75) is 6.42 Å². The second-order valence-corrected chi connectivity index (χ2v) is 10.8. The molecule has 1 nitrogen and oxygen atoms in total. The zero-order chi connectivity index (χ0) is 19.5. The average Bonchev–Trinajstić information content (AvgIpc) is 2.82. The zero-order valence-electron chi connectivity index (χ0n) is 16.2. The van der Waals surface area contributed by atoms with E-state index in [-0.39, 0.29) is 0 Å². The minimum Gasteiger partial charge on any atom is -0.489 e. The van der Waals surface area contributed by atoms with Gasteiger partial charge in [-0.15, -0.1) is 0 Å². The van der Waals surface area contributed by atoms with Gasteiger partial charge in [0.2, 0.25) is 0 Å². The van der Waals surface area contributed by atoms with Crippen LogP contribution in [0.5, 0.6) is 5.75 Å². The lowest BCUT2D eigenvalue weighted by molar-refractivity contribution is 0.364. The standard InChI is InChI=1S/C27H23OP/c1-4-13-23(14-5-1)29(24-15-6-2-7-16-24,25-17-8-3-9-18-25)26-20-22-12-10-11-19-27(22)28-21-26/h1-19H,20-21H2. The highest BCUT2D eigenvalue weighted by molar-refractivity contribution is 7.95. The summed E-state index contributed by atoms with van der Waals surface area (Å²) in [4.78, 5) is 0. The van der Waals surface area contributed by atoms with Crippen LogP contribution in [0.3, 0.4) is 0 Å². The second kappa shape index (κ2) is 7.78. The van der Waals surface area contributed by atoms with Gasteiger partial charge in [-0.05, 0) is 39.7 Å². The van der Waals surface area contributed by atoms with Crippen molar-refractivity contribution in [1.82, 2.24) is 0 Å². The maximum Gasteiger partial charge on any atom is 0.123 e. The van der Waals surface area contributed by atoms with Gasteiger partial charge in [0.1, 0.15) is 12.4 Å². The van der Waals surface area contributed by atoms with Gasteiger partial charge in [-0.1, -0.05) is 109 Å². The minimum absolute atomic E-state index is 0.656. The van der Waals surface area contributed by atoms with Crippen molar-refractivity contribution in [3.8, 4) is 5.75 Å². The minimum atomic E-state index is -1.99. The largest absolute Gasteiger partial charge is 0.489 e. The molecule has 0 bridgehead atoms. The number of fused-ring (bicyclic) bond motifs is 1. The molecule has 0 saturated heterocycles. The summed E-state index contributed by atoms with van der Waals surface area (Å²) in [6, 6.07) is 41.5. The summed E-state index contributed by atoms with van der Waals surface area (Å²) in [5, 5.41) is 5.63. The molecule has 1 aliphatic rings. The van der Waals surface area contributed by atoms with Gasteiger partial charge in [-0.2, -0.15) is 0 Å². The molecule has 4 aromatic rings. The SMILES string of the molecule is c1ccc(P(=C2COc3ccccc3C2)(c2ccccc2)c2ccccc2)cc1. The molecule has 1 heterocycles. The van der Waals surface area contributed by atoms with Crippen molar-refractivity contribution in [3.63, 3.8) is 0 Å². The Bertz CT molecular complexity index is 1060. The van der Waals surface area contributed by atoms with Crippen molar-refractivity contribution in [2.24, 2.45) is 0 Å². The molecule has 0 spiro atoms. The van der Waals surface area contributed by atoms with Crippen molar-refractivity contribution in [3.05, 3.63) is 121 Å². The highest BCUT2D eigenvalue weighted by atomic mass is 31.2. The molecule has 4 aromatic carbocycles. The Morgan fingerprint density at radius 2 is 0.966 bits per heavy atom. The first-order valence-corrected chi connectivity index (χ1v) is 11.8. The van der Waals surface area contributed by atoms with Crippen LogP contribution in [0.15, 0.2) is 115 Å². The third-order valence-corrected chi connectivity index (χ3v) is 10.1. The van der Waals surface area contributed by atoms with Gasteiger partial charge < -0.3 is 4.74 Å². The lowest BCUT2D eigenvalue weighted by Crippen LogP contribution is -2.35. The number of benzene rings is 4. The van der Waals surface area contributed by atoms with Crippen LogP contribution >= 0.6 is 6.89 Å². The van der Waals surface area contributed by atoms with E-state index in [9.17, 15) is 0 Å². The Morgan fingerprint density at radius 1 is 0.517 bits per heavy atom. The number of ether oxygens (including phenoxy) is 1. The first-order chi connectivity index (χ1) is 14.4. The first kappa shape index (κ1) is 18.0. The maximum absolute atomic E-state index is 6.30. The van der Waals surface area contributed by atoms with Gasteiger partial charge in [0.15, 0.2) is 0 Å². The van der Waals surface area contributed by atoms with Crippen LogP contribution in [0.2, 0.25) is 0 Å². The van der Waals surface area contributed by atoms with Crippen LogP contribution in [0.25, 0.3) is 0 Å². The monoisotopic (exact) mass is 394 g/mol. The van der Waals surface area contributed by atoms with E-state index in [4.69, 9.17) is 4.74 Å². The number of para-hydroxylation sites is 1. The van der Waals surface area contributed by atoms with E-state index >= 15 is 0 Å².